The summed E-state index contributed by atoms with van der Waals surface area (Å²) in [4.78, 5) is 3.75. The van der Waals surface area contributed by atoms with E-state index in [1.807, 2.05) is 0 Å². The van der Waals surface area contributed by atoms with Crippen LogP contribution in [0, 0.1) is 0 Å². The van der Waals surface area contributed by atoms with Crippen LogP contribution >= 0.6 is 23.9 Å². The number of hydrogen-bond donors (Lipinski definition) is 2. The molecule has 1 aromatic heterocycles. The summed E-state index contributed by atoms with van der Waals surface area (Å²) in [7, 11) is -4.00. The third-order valence-corrected chi connectivity index (χ3v) is 8.43. The van der Waals surface area contributed by atoms with E-state index in [9.17, 15) is 21.6 Å². The Morgan fingerprint density at radius 3 is 2.43 bits per heavy atom. The second-order valence-electron chi connectivity index (χ2n) is 9.54. The highest BCUT2D eigenvalue weighted by atomic mass is 35.5. The minimum Gasteiger partial charge on any atom is -0.487 e. The van der Waals surface area contributed by atoms with E-state index in [0.29, 0.717) is 17.5 Å². The van der Waals surface area contributed by atoms with Gasteiger partial charge in [0.15, 0.2) is 5.67 Å². The summed E-state index contributed by atoms with van der Waals surface area (Å²) in [6.45, 7) is 3.41. The van der Waals surface area contributed by atoms with Crippen LogP contribution in [0.15, 0.2) is 47.6 Å². The van der Waals surface area contributed by atoms with Crippen molar-refractivity contribution in [1.29, 1.82) is 0 Å². The second-order valence-corrected chi connectivity index (χ2v) is 12.0. The smallest absolute Gasteiger partial charge is 0.416 e. The van der Waals surface area contributed by atoms with Crippen LogP contribution in [-0.2, 0) is 21.9 Å². The van der Waals surface area contributed by atoms with Crippen LogP contribution in [0.25, 0.3) is 0 Å². The zero-order valence-corrected chi connectivity index (χ0v) is 22.0. The summed E-state index contributed by atoms with van der Waals surface area (Å²) in [5, 5.41) is 2.90. The summed E-state index contributed by atoms with van der Waals surface area (Å²) >= 11 is 0.882. The van der Waals surface area contributed by atoms with E-state index in [4.69, 9.17) is 4.74 Å². The van der Waals surface area contributed by atoms with Crippen molar-refractivity contribution < 1.29 is 30.7 Å². The Kier molecular flexibility index (Phi) is 6.97. The summed E-state index contributed by atoms with van der Waals surface area (Å²) in [5.74, 6) is -0.246. The van der Waals surface area contributed by atoms with Gasteiger partial charge < -0.3 is 10.1 Å². The van der Waals surface area contributed by atoms with Gasteiger partial charge in [-0.05, 0) is 49.6 Å². The van der Waals surface area contributed by atoms with Crippen molar-refractivity contribution in [3.63, 3.8) is 0 Å². The van der Waals surface area contributed by atoms with Crippen molar-refractivity contribution in [3.8, 4) is 5.75 Å². The van der Waals surface area contributed by atoms with Crippen molar-refractivity contribution >= 4 is 39.1 Å². The predicted octanol–water partition coefficient (Wildman–Crippen LogP) is 5.24. The molecule has 200 valence electrons. The number of nitrogens with one attached hydrogen (secondary N) is 2. The molecule has 2 aliphatic heterocycles. The Morgan fingerprint density at radius 1 is 1.14 bits per heavy atom. The van der Waals surface area contributed by atoms with Gasteiger partial charge in [0.05, 0.1) is 10.5 Å². The van der Waals surface area contributed by atoms with Crippen LogP contribution in [-0.4, -0.2) is 36.5 Å². The minimum absolute atomic E-state index is 0. The lowest BCUT2D eigenvalue weighted by Gasteiger charge is -2.42. The molecule has 1 saturated heterocycles. The molecule has 14 heteroatoms. The van der Waals surface area contributed by atoms with Crippen molar-refractivity contribution in [2.24, 2.45) is 0 Å². The quantitative estimate of drug-likeness (QED) is 0.402. The molecule has 3 heterocycles. The molecule has 2 N–H and O–H groups in total. The number of fused-ring (bicyclic) bond motifs is 1. The molecule has 0 spiro atoms. The van der Waals surface area contributed by atoms with Gasteiger partial charge in [0.25, 0.3) is 10.0 Å². The fourth-order valence-electron chi connectivity index (χ4n) is 4.63. The monoisotopic (exact) mass is 578 g/mol. The lowest BCUT2D eigenvalue weighted by molar-refractivity contribution is -0.137. The van der Waals surface area contributed by atoms with Crippen molar-refractivity contribution in [2.75, 3.05) is 17.8 Å². The molecule has 7 nitrogen and oxygen atoms in total. The van der Waals surface area contributed by atoms with Gasteiger partial charge in [-0.25, -0.2) is 17.8 Å². The second kappa shape index (κ2) is 9.37. The topological polar surface area (TPSA) is 93.2 Å². The number of rotatable bonds is 5. The molecule has 0 bridgehead atoms. The Bertz CT molecular complexity index is 1410. The molecule has 0 aliphatic carbocycles. The van der Waals surface area contributed by atoms with E-state index in [1.165, 1.54) is 24.5 Å². The lowest BCUT2D eigenvalue weighted by atomic mass is 9.74. The largest absolute Gasteiger partial charge is 0.487 e. The zero-order valence-electron chi connectivity index (χ0n) is 19.6. The van der Waals surface area contributed by atoms with Crippen LogP contribution < -0.4 is 14.8 Å². The zero-order chi connectivity index (χ0) is 25.9. The van der Waals surface area contributed by atoms with E-state index >= 15 is 4.39 Å². The number of sulfonamides is 1. The van der Waals surface area contributed by atoms with Gasteiger partial charge >= 0.3 is 6.18 Å². The number of benzene rings is 2. The van der Waals surface area contributed by atoms with E-state index in [0.717, 1.165) is 23.7 Å². The fraction of sp³-hybridized carbons (Fsp3) is 0.391. The van der Waals surface area contributed by atoms with E-state index < -0.39 is 39.0 Å². The van der Waals surface area contributed by atoms with E-state index in [1.54, 1.807) is 19.9 Å². The first kappa shape index (κ1) is 27.6. The standard InChI is InChI=1S/C23H22F4N4O3S2.ClH/c1-21(2)9-17(15-5-3-13(23(25,26)27)7-18(15)22(24)10-28-11-22)16-6-4-14(8-19(16)34-21)36(32,33)31-20-29-12-30-35-20;/h3-8,12,17,28H,9-11H2,1-2H3,(H,29,30,31);1H. The Hall–Kier alpha value is -2.48. The minimum atomic E-state index is -4.61. The summed E-state index contributed by atoms with van der Waals surface area (Å²) in [5.41, 5.74) is -2.67. The summed E-state index contributed by atoms with van der Waals surface area (Å²) in [6.07, 6.45) is -3.03. The molecule has 1 unspecified atom stereocenters. The Balaban J connectivity index is 0.00000320. The highest BCUT2D eigenvalue weighted by Gasteiger charge is 2.45. The van der Waals surface area contributed by atoms with Crippen LogP contribution in [0.2, 0.25) is 0 Å². The molecule has 2 aromatic carbocycles. The van der Waals surface area contributed by atoms with Crippen molar-refractivity contribution in [2.45, 2.75) is 48.5 Å². The van der Waals surface area contributed by atoms with Crippen LogP contribution in [0.4, 0.5) is 22.7 Å². The third kappa shape index (κ3) is 5.27. The van der Waals surface area contributed by atoms with Gasteiger partial charge in [0.2, 0.25) is 5.13 Å². The molecule has 1 atom stereocenters. The number of nitrogens with zero attached hydrogens (tertiary/aromatic N) is 2. The normalized spacial score (nSPS) is 20.1. The molecular formula is C23H23ClF4N4O3S2. The lowest BCUT2D eigenvalue weighted by Crippen LogP contribution is -2.54. The number of aromatic nitrogens is 2. The van der Waals surface area contributed by atoms with Gasteiger partial charge in [-0.1, -0.05) is 12.1 Å². The van der Waals surface area contributed by atoms with Crippen LogP contribution in [0.5, 0.6) is 5.75 Å². The maximum absolute atomic E-state index is 15.6. The number of alkyl halides is 4. The van der Waals surface area contributed by atoms with Gasteiger partial charge in [0.1, 0.15) is 17.7 Å². The Morgan fingerprint density at radius 2 is 1.84 bits per heavy atom. The van der Waals surface area contributed by atoms with Gasteiger partial charge in [-0.2, -0.15) is 17.5 Å². The molecular weight excluding hydrogens is 556 g/mol. The number of anilines is 1. The first-order valence-corrected chi connectivity index (χ1v) is 13.3. The van der Waals surface area contributed by atoms with E-state index in [2.05, 4.69) is 19.4 Å². The van der Waals surface area contributed by atoms with Crippen molar-refractivity contribution in [1.82, 2.24) is 14.7 Å². The Labute approximate surface area is 221 Å². The van der Waals surface area contributed by atoms with Crippen LogP contribution in [0.3, 0.4) is 0 Å². The first-order valence-electron chi connectivity index (χ1n) is 11.0. The number of ether oxygens (including phenoxy) is 1. The molecule has 37 heavy (non-hydrogen) atoms. The highest BCUT2D eigenvalue weighted by Crippen LogP contribution is 2.49. The fourth-order valence-corrected chi connectivity index (χ4v) is 6.30. The van der Waals surface area contributed by atoms with Gasteiger partial charge in [-0.15, -0.1) is 12.4 Å². The molecule has 0 amide bonds. The van der Waals surface area contributed by atoms with Gasteiger partial charge in [-0.3, -0.25) is 4.72 Å². The molecule has 3 aromatic rings. The van der Waals surface area contributed by atoms with Crippen LogP contribution in [0.1, 0.15) is 48.4 Å². The SMILES string of the molecule is CC1(C)CC(c2ccc(C(F)(F)F)cc2C2(F)CNC2)c2ccc(S(=O)(=O)Nc3ncns3)cc2O1.Cl. The number of hydrogen-bond acceptors (Lipinski definition) is 7. The highest BCUT2D eigenvalue weighted by molar-refractivity contribution is 7.93. The summed E-state index contributed by atoms with van der Waals surface area (Å²) in [6, 6.07) is 7.50. The summed E-state index contributed by atoms with van der Waals surface area (Å²) < 4.78 is 94.0. The average Bonchev–Trinajstić information content (AvgIpc) is 3.27. The molecule has 0 saturated carbocycles. The third-order valence-electron chi connectivity index (χ3n) is 6.38. The maximum atomic E-state index is 15.6. The molecule has 2 aliphatic rings. The maximum Gasteiger partial charge on any atom is 0.416 e. The predicted molar refractivity (Wildman–Crippen MR) is 133 cm³/mol. The molecule has 1 fully saturated rings. The average molecular weight is 579 g/mol. The molecule has 0 radical (unpaired) electrons. The van der Waals surface area contributed by atoms with E-state index in [-0.39, 0.29) is 46.8 Å². The molecule has 5 rings (SSSR count). The first-order chi connectivity index (χ1) is 16.8. The number of halogens is 5. The van der Waals surface area contributed by atoms with Crippen molar-refractivity contribution in [3.05, 3.63) is 65.0 Å². The van der Waals surface area contributed by atoms with Gasteiger partial charge in [0, 0.05) is 42.2 Å².